The van der Waals surface area contributed by atoms with Gasteiger partial charge >= 0.3 is 0 Å². The van der Waals surface area contributed by atoms with Crippen molar-refractivity contribution in [2.75, 3.05) is 26.8 Å². The Balaban J connectivity index is 1.41. The summed E-state index contributed by atoms with van der Waals surface area (Å²) in [7, 11) is 1.64. The molecular weight excluding hydrogens is 328 g/mol. The number of hydrogen-bond donors (Lipinski definition) is 0. The highest BCUT2D eigenvalue weighted by molar-refractivity contribution is 5.79. The third kappa shape index (κ3) is 4.97. The first-order valence-corrected chi connectivity index (χ1v) is 9.18. The van der Waals surface area contributed by atoms with E-state index in [9.17, 15) is 4.79 Å². The van der Waals surface area contributed by atoms with E-state index in [0.29, 0.717) is 18.9 Å². The van der Waals surface area contributed by atoms with Crippen molar-refractivity contribution >= 4 is 5.91 Å². The van der Waals surface area contributed by atoms with Crippen molar-refractivity contribution in [3.8, 4) is 11.5 Å². The molecule has 0 spiro atoms. The summed E-state index contributed by atoms with van der Waals surface area (Å²) in [4.78, 5) is 18.6. The standard InChI is InChI=1S/C21H26N2O3/c1-25-20-7-3-2-5-18(20)15-21(24)23-12-8-17(9-13-23)10-14-26-19-6-4-11-22-16-19/h2-7,11,16-17H,8-10,12-15H2,1H3. The summed E-state index contributed by atoms with van der Waals surface area (Å²) in [5.41, 5.74) is 0.951. The largest absolute Gasteiger partial charge is 0.496 e. The van der Waals surface area contributed by atoms with Gasteiger partial charge in [-0.2, -0.15) is 0 Å². The van der Waals surface area contributed by atoms with Crippen LogP contribution in [0.1, 0.15) is 24.8 Å². The summed E-state index contributed by atoms with van der Waals surface area (Å²) in [6, 6.07) is 11.5. The van der Waals surface area contributed by atoms with Crippen LogP contribution in [0.4, 0.5) is 0 Å². The molecule has 5 heteroatoms. The Labute approximate surface area is 155 Å². The quantitative estimate of drug-likeness (QED) is 0.765. The number of nitrogens with zero attached hydrogens (tertiary/aromatic N) is 2. The first-order chi connectivity index (χ1) is 12.8. The van der Waals surface area contributed by atoms with E-state index in [1.165, 1.54) is 0 Å². The number of carbonyl (C=O) groups is 1. The molecule has 138 valence electrons. The predicted molar refractivity (Wildman–Crippen MR) is 100 cm³/mol. The van der Waals surface area contributed by atoms with Crippen LogP contribution in [0.25, 0.3) is 0 Å². The number of carbonyl (C=O) groups excluding carboxylic acids is 1. The maximum atomic E-state index is 12.6. The fourth-order valence-corrected chi connectivity index (χ4v) is 3.37. The first-order valence-electron chi connectivity index (χ1n) is 9.18. The van der Waals surface area contributed by atoms with Crippen molar-refractivity contribution in [3.63, 3.8) is 0 Å². The Kier molecular flexibility index (Phi) is 6.47. The van der Waals surface area contributed by atoms with Crippen molar-refractivity contribution in [1.29, 1.82) is 0 Å². The third-order valence-corrected chi connectivity index (χ3v) is 4.93. The smallest absolute Gasteiger partial charge is 0.227 e. The predicted octanol–water partition coefficient (Wildman–Crippen LogP) is 3.34. The fourth-order valence-electron chi connectivity index (χ4n) is 3.37. The molecule has 1 aliphatic heterocycles. The molecule has 1 aromatic carbocycles. The second kappa shape index (κ2) is 9.22. The number of para-hydroxylation sites is 1. The van der Waals surface area contributed by atoms with Gasteiger partial charge in [-0.05, 0) is 43.4 Å². The minimum absolute atomic E-state index is 0.180. The van der Waals surface area contributed by atoms with Crippen molar-refractivity contribution in [1.82, 2.24) is 9.88 Å². The van der Waals surface area contributed by atoms with E-state index >= 15 is 0 Å². The van der Waals surface area contributed by atoms with E-state index in [2.05, 4.69) is 4.98 Å². The summed E-state index contributed by atoms with van der Waals surface area (Å²) >= 11 is 0. The van der Waals surface area contributed by atoms with Crippen LogP contribution in [0, 0.1) is 5.92 Å². The number of pyridine rings is 1. The number of hydrogen-bond acceptors (Lipinski definition) is 4. The summed E-state index contributed by atoms with van der Waals surface area (Å²) in [6.07, 6.45) is 6.97. The van der Waals surface area contributed by atoms with Crippen LogP contribution in [-0.4, -0.2) is 42.6 Å². The average molecular weight is 354 g/mol. The second-order valence-corrected chi connectivity index (χ2v) is 6.64. The van der Waals surface area contributed by atoms with Gasteiger partial charge in [0.05, 0.1) is 26.3 Å². The van der Waals surface area contributed by atoms with Gasteiger partial charge < -0.3 is 14.4 Å². The maximum absolute atomic E-state index is 12.6. The van der Waals surface area contributed by atoms with Gasteiger partial charge in [-0.1, -0.05) is 18.2 Å². The lowest BCUT2D eigenvalue weighted by atomic mass is 9.93. The molecule has 1 aliphatic rings. The number of rotatable bonds is 7. The second-order valence-electron chi connectivity index (χ2n) is 6.64. The van der Waals surface area contributed by atoms with Gasteiger partial charge in [0.15, 0.2) is 0 Å². The van der Waals surface area contributed by atoms with Gasteiger partial charge in [0.2, 0.25) is 5.91 Å². The van der Waals surface area contributed by atoms with E-state index in [1.807, 2.05) is 41.3 Å². The lowest BCUT2D eigenvalue weighted by Crippen LogP contribution is -2.39. The molecule has 1 fully saturated rings. The molecule has 0 bridgehead atoms. The van der Waals surface area contributed by atoms with E-state index in [-0.39, 0.29) is 5.91 Å². The molecule has 1 saturated heterocycles. The van der Waals surface area contributed by atoms with Gasteiger partial charge in [-0.15, -0.1) is 0 Å². The monoisotopic (exact) mass is 354 g/mol. The molecule has 2 heterocycles. The highest BCUT2D eigenvalue weighted by atomic mass is 16.5. The molecule has 5 nitrogen and oxygen atoms in total. The number of ether oxygens (including phenoxy) is 2. The van der Waals surface area contributed by atoms with Gasteiger partial charge in [-0.3, -0.25) is 9.78 Å². The summed E-state index contributed by atoms with van der Waals surface area (Å²) < 4.78 is 11.1. The normalized spacial score (nSPS) is 14.9. The zero-order valence-electron chi connectivity index (χ0n) is 15.3. The third-order valence-electron chi connectivity index (χ3n) is 4.93. The summed E-state index contributed by atoms with van der Waals surface area (Å²) in [6.45, 7) is 2.35. The van der Waals surface area contributed by atoms with Crippen LogP contribution in [0.5, 0.6) is 11.5 Å². The minimum Gasteiger partial charge on any atom is -0.496 e. The molecule has 0 unspecified atom stereocenters. The fraction of sp³-hybridized carbons (Fsp3) is 0.429. The molecule has 1 aromatic heterocycles. The van der Waals surface area contributed by atoms with Crippen molar-refractivity contribution < 1.29 is 14.3 Å². The van der Waals surface area contributed by atoms with Crippen LogP contribution in [0.15, 0.2) is 48.8 Å². The van der Waals surface area contributed by atoms with Gasteiger partial charge in [0.25, 0.3) is 0 Å². The average Bonchev–Trinajstić information content (AvgIpc) is 2.70. The number of piperidine rings is 1. The van der Waals surface area contributed by atoms with Crippen molar-refractivity contribution in [3.05, 3.63) is 54.4 Å². The maximum Gasteiger partial charge on any atom is 0.227 e. The SMILES string of the molecule is COc1ccccc1CC(=O)N1CCC(CCOc2cccnc2)CC1. The topological polar surface area (TPSA) is 51.7 Å². The molecule has 0 saturated carbocycles. The molecule has 26 heavy (non-hydrogen) atoms. The van der Waals surface area contributed by atoms with E-state index in [4.69, 9.17) is 9.47 Å². The molecule has 0 atom stereocenters. The lowest BCUT2D eigenvalue weighted by molar-refractivity contribution is -0.131. The van der Waals surface area contributed by atoms with Gasteiger partial charge in [0.1, 0.15) is 11.5 Å². The summed E-state index contributed by atoms with van der Waals surface area (Å²) in [5.74, 6) is 2.39. The highest BCUT2D eigenvalue weighted by Crippen LogP contribution is 2.23. The Morgan fingerprint density at radius 3 is 2.73 bits per heavy atom. The van der Waals surface area contributed by atoms with Crippen LogP contribution in [0.3, 0.4) is 0 Å². The van der Waals surface area contributed by atoms with Crippen LogP contribution in [0.2, 0.25) is 0 Å². The Morgan fingerprint density at radius 1 is 1.19 bits per heavy atom. The molecule has 2 aromatic rings. The zero-order valence-corrected chi connectivity index (χ0v) is 15.3. The number of amides is 1. The minimum atomic E-state index is 0.180. The molecule has 1 amide bonds. The number of methoxy groups -OCH3 is 1. The van der Waals surface area contributed by atoms with E-state index in [1.54, 1.807) is 19.5 Å². The van der Waals surface area contributed by atoms with E-state index < -0.39 is 0 Å². The molecular formula is C21H26N2O3. The Hall–Kier alpha value is -2.56. The van der Waals surface area contributed by atoms with Crippen LogP contribution < -0.4 is 9.47 Å². The Morgan fingerprint density at radius 2 is 2.00 bits per heavy atom. The molecule has 0 aliphatic carbocycles. The van der Waals surface area contributed by atoms with Crippen molar-refractivity contribution in [2.45, 2.75) is 25.7 Å². The number of likely N-dealkylation sites (tertiary alicyclic amines) is 1. The number of aromatic nitrogens is 1. The summed E-state index contributed by atoms with van der Waals surface area (Å²) in [5, 5.41) is 0. The van der Waals surface area contributed by atoms with Crippen LogP contribution >= 0.6 is 0 Å². The van der Waals surface area contributed by atoms with E-state index in [0.717, 1.165) is 49.4 Å². The van der Waals surface area contributed by atoms with Gasteiger partial charge in [-0.25, -0.2) is 0 Å². The van der Waals surface area contributed by atoms with Gasteiger partial charge in [0, 0.05) is 24.8 Å². The van der Waals surface area contributed by atoms with Crippen LogP contribution in [-0.2, 0) is 11.2 Å². The first kappa shape index (κ1) is 18.2. The molecule has 0 N–H and O–H groups in total. The molecule has 3 rings (SSSR count). The number of benzene rings is 1. The molecule has 0 radical (unpaired) electrons. The zero-order chi connectivity index (χ0) is 18.2. The Bertz CT molecular complexity index is 697. The lowest BCUT2D eigenvalue weighted by Gasteiger charge is -2.32. The highest BCUT2D eigenvalue weighted by Gasteiger charge is 2.23. The van der Waals surface area contributed by atoms with Crippen molar-refractivity contribution in [2.24, 2.45) is 5.92 Å².